The summed E-state index contributed by atoms with van der Waals surface area (Å²) >= 11 is 0. The molecular formula is C21H30N2O2. The van der Waals surface area contributed by atoms with E-state index in [0.29, 0.717) is 24.4 Å². The van der Waals surface area contributed by atoms with Gasteiger partial charge in [-0.1, -0.05) is 25.5 Å². The maximum absolute atomic E-state index is 12.2. The van der Waals surface area contributed by atoms with Crippen LogP contribution in [-0.2, 0) is 11.3 Å². The van der Waals surface area contributed by atoms with E-state index >= 15 is 0 Å². The summed E-state index contributed by atoms with van der Waals surface area (Å²) in [6, 6.07) is 7.68. The highest BCUT2D eigenvalue weighted by atomic mass is 16.2. The number of hydrogen-bond acceptors (Lipinski definition) is 2. The summed E-state index contributed by atoms with van der Waals surface area (Å²) in [4.78, 5) is 24.3. The Hall–Kier alpha value is -1.84. The van der Waals surface area contributed by atoms with Crippen molar-refractivity contribution < 1.29 is 9.59 Å². The summed E-state index contributed by atoms with van der Waals surface area (Å²) in [7, 11) is 0. The molecule has 2 fully saturated rings. The molecule has 2 aliphatic rings. The van der Waals surface area contributed by atoms with Gasteiger partial charge in [-0.15, -0.1) is 0 Å². The maximum Gasteiger partial charge on any atom is 0.251 e. The molecule has 0 saturated heterocycles. The van der Waals surface area contributed by atoms with E-state index in [-0.39, 0.29) is 17.9 Å². The molecule has 4 heteroatoms. The number of rotatable bonds is 7. The molecule has 0 spiro atoms. The first-order valence-corrected chi connectivity index (χ1v) is 9.71. The normalized spacial score (nSPS) is 25.6. The summed E-state index contributed by atoms with van der Waals surface area (Å²) in [5.41, 5.74) is 1.69. The van der Waals surface area contributed by atoms with E-state index in [1.54, 1.807) is 0 Å². The molecule has 1 aromatic carbocycles. The molecule has 4 atom stereocenters. The third kappa shape index (κ3) is 4.62. The first kappa shape index (κ1) is 18.0. The van der Waals surface area contributed by atoms with Gasteiger partial charge in [0.25, 0.3) is 5.91 Å². The number of benzene rings is 1. The van der Waals surface area contributed by atoms with Crippen molar-refractivity contribution >= 4 is 11.8 Å². The second-order valence-electron chi connectivity index (χ2n) is 7.90. The van der Waals surface area contributed by atoms with Crippen molar-refractivity contribution in [3.63, 3.8) is 0 Å². The van der Waals surface area contributed by atoms with Crippen LogP contribution < -0.4 is 10.6 Å². The van der Waals surface area contributed by atoms with Crippen LogP contribution in [0.1, 0.15) is 68.3 Å². The van der Waals surface area contributed by atoms with Gasteiger partial charge in [0.05, 0.1) is 0 Å². The number of carbonyl (C=O) groups excluding carboxylic acids is 2. The number of nitrogens with one attached hydrogen (secondary N) is 2. The van der Waals surface area contributed by atoms with Gasteiger partial charge in [-0.05, 0) is 68.1 Å². The van der Waals surface area contributed by atoms with Crippen LogP contribution in [0.3, 0.4) is 0 Å². The quantitative estimate of drug-likeness (QED) is 0.794. The Morgan fingerprint density at radius 3 is 2.52 bits per heavy atom. The standard InChI is InChI=1S/C21H30N2O2/c1-3-14(2)23-21(25)17-7-4-15(5-8-17)13-22-20(24)12-19-11-16-6-9-18(19)10-16/h4-5,7-8,14,16,18-19H,3,6,9-13H2,1-2H3,(H,22,24)(H,23,25)/t14-,16-,18-,19-/m1/s1. The van der Waals surface area contributed by atoms with Gasteiger partial charge in [0.1, 0.15) is 0 Å². The molecule has 0 radical (unpaired) electrons. The fourth-order valence-corrected chi connectivity index (χ4v) is 4.32. The van der Waals surface area contributed by atoms with Crippen molar-refractivity contribution in [3.05, 3.63) is 35.4 Å². The van der Waals surface area contributed by atoms with Gasteiger partial charge >= 0.3 is 0 Å². The minimum atomic E-state index is -0.0405. The van der Waals surface area contributed by atoms with Gasteiger partial charge < -0.3 is 10.6 Å². The van der Waals surface area contributed by atoms with E-state index in [0.717, 1.165) is 23.8 Å². The zero-order chi connectivity index (χ0) is 17.8. The van der Waals surface area contributed by atoms with Crippen LogP contribution in [0.5, 0.6) is 0 Å². The fraction of sp³-hybridized carbons (Fsp3) is 0.619. The van der Waals surface area contributed by atoms with Gasteiger partial charge in [0.15, 0.2) is 0 Å². The van der Waals surface area contributed by atoms with E-state index in [1.807, 2.05) is 38.1 Å². The van der Waals surface area contributed by atoms with E-state index in [2.05, 4.69) is 10.6 Å². The van der Waals surface area contributed by atoms with Crippen molar-refractivity contribution in [1.82, 2.24) is 10.6 Å². The van der Waals surface area contributed by atoms with Crippen molar-refractivity contribution in [3.8, 4) is 0 Å². The summed E-state index contributed by atoms with van der Waals surface area (Å²) < 4.78 is 0. The highest BCUT2D eigenvalue weighted by Crippen LogP contribution is 2.49. The van der Waals surface area contributed by atoms with E-state index in [9.17, 15) is 9.59 Å². The zero-order valence-electron chi connectivity index (χ0n) is 15.4. The molecule has 2 aliphatic carbocycles. The van der Waals surface area contributed by atoms with Crippen LogP contribution in [0.2, 0.25) is 0 Å². The first-order chi connectivity index (χ1) is 12.0. The second-order valence-corrected chi connectivity index (χ2v) is 7.90. The lowest BCUT2D eigenvalue weighted by atomic mass is 9.86. The maximum atomic E-state index is 12.2. The molecule has 0 aliphatic heterocycles. The van der Waals surface area contributed by atoms with Gasteiger partial charge in [0.2, 0.25) is 5.91 Å². The Bertz CT molecular complexity index is 611. The van der Waals surface area contributed by atoms with Crippen LogP contribution in [0, 0.1) is 17.8 Å². The Kier molecular flexibility index (Phi) is 5.77. The van der Waals surface area contributed by atoms with Crippen LogP contribution in [0.25, 0.3) is 0 Å². The lowest BCUT2D eigenvalue weighted by molar-refractivity contribution is -0.122. The predicted molar refractivity (Wildman–Crippen MR) is 99.1 cm³/mol. The summed E-state index contributed by atoms with van der Waals surface area (Å²) in [5.74, 6) is 2.40. The average molecular weight is 342 g/mol. The SMILES string of the molecule is CC[C@@H](C)NC(=O)c1ccc(CNC(=O)C[C@H]2C[C@@H]3CC[C@@H]2C3)cc1. The van der Waals surface area contributed by atoms with Crippen molar-refractivity contribution in [1.29, 1.82) is 0 Å². The average Bonchev–Trinajstić information content (AvgIpc) is 3.23. The van der Waals surface area contributed by atoms with Gasteiger partial charge in [-0.2, -0.15) is 0 Å². The van der Waals surface area contributed by atoms with E-state index in [4.69, 9.17) is 0 Å². The zero-order valence-corrected chi connectivity index (χ0v) is 15.4. The molecule has 1 aromatic rings. The van der Waals surface area contributed by atoms with Gasteiger partial charge in [-0.25, -0.2) is 0 Å². The lowest BCUT2D eigenvalue weighted by Crippen LogP contribution is -2.31. The summed E-state index contributed by atoms with van der Waals surface area (Å²) in [5, 5.41) is 6.00. The number of carbonyl (C=O) groups is 2. The third-order valence-corrected chi connectivity index (χ3v) is 6.03. The second kappa shape index (κ2) is 8.03. The minimum Gasteiger partial charge on any atom is -0.352 e. The molecular weight excluding hydrogens is 312 g/mol. The van der Waals surface area contributed by atoms with Crippen LogP contribution in [-0.4, -0.2) is 17.9 Å². The Morgan fingerprint density at radius 1 is 1.16 bits per heavy atom. The van der Waals surface area contributed by atoms with Crippen molar-refractivity contribution in [2.45, 2.75) is 65.0 Å². The number of fused-ring (bicyclic) bond motifs is 2. The molecule has 2 saturated carbocycles. The van der Waals surface area contributed by atoms with Crippen LogP contribution in [0.4, 0.5) is 0 Å². The molecule has 0 unspecified atom stereocenters. The molecule has 4 nitrogen and oxygen atoms in total. The van der Waals surface area contributed by atoms with Gasteiger partial charge in [-0.3, -0.25) is 9.59 Å². The minimum absolute atomic E-state index is 0.0405. The Morgan fingerprint density at radius 2 is 1.92 bits per heavy atom. The van der Waals surface area contributed by atoms with Gasteiger partial charge in [0, 0.05) is 24.6 Å². The highest BCUT2D eigenvalue weighted by Gasteiger charge is 2.39. The molecule has 136 valence electrons. The Labute approximate surface area is 150 Å². The van der Waals surface area contributed by atoms with E-state index in [1.165, 1.54) is 25.7 Å². The highest BCUT2D eigenvalue weighted by molar-refractivity contribution is 5.94. The predicted octanol–water partition coefficient (Wildman–Crippen LogP) is 3.66. The topological polar surface area (TPSA) is 58.2 Å². The van der Waals surface area contributed by atoms with Crippen LogP contribution in [0.15, 0.2) is 24.3 Å². The van der Waals surface area contributed by atoms with Crippen LogP contribution >= 0.6 is 0 Å². The summed E-state index contributed by atoms with van der Waals surface area (Å²) in [6.07, 6.45) is 6.88. The van der Waals surface area contributed by atoms with Crippen molar-refractivity contribution in [2.75, 3.05) is 0 Å². The molecule has 2 bridgehead atoms. The number of amides is 2. The molecule has 0 aromatic heterocycles. The molecule has 0 heterocycles. The molecule has 2 N–H and O–H groups in total. The fourth-order valence-electron chi connectivity index (χ4n) is 4.32. The summed E-state index contributed by atoms with van der Waals surface area (Å²) in [6.45, 7) is 4.58. The smallest absolute Gasteiger partial charge is 0.251 e. The third-order valence-electron chi connectivity index (χ3n) is 6.03. The first-order valence-electron chi connectivity index (χ1n) is 9.71. The number of hydrogen-bond donors (Lipinski definition) is 2. The monoisotopic (exact) mass is 342 g/mol. The lowest BCUT2D eigenvalue weighted by Gasteiger charge is -2.20. The van der Waals surface area contributed by atoms with E-state index < -0.39 is 0 Å². The molecule has 3 rings (SSSR count). The Balaban J connectivity index is 1.43. The largest absolute Gasteiger partial charge is 0.352 e. The van der Waals surface area contributed by atoms with Crippen molar-refractivity contribution in [2.24, 2.45) is 17.8 Å². The molecule has 2 amide bonds. The molecule has 25 heavy (non-hydrogen) atoms.